The Labute approximate surface area is 115 Å². The van der Waals surface area contributed by atoms with Crippen LogP contribution < -0.4 is 11.3 Å². The van der Waals surface area contributed by atoms with Crippen molar-refractivity contribution in [1.82, 2.24) is 5.43 Å². The fourth-order valence-electron chi connectivity index (χ4n) is 1.96. The summed E-state index contributed by atoms with van der Waals surface area (Å²) in [6.07, 6.45) is 0.749. The van der Waals surface area contributed by atoms with Crippen molar-refractivity contribution in [2.45, 2.75) is 18.6 Å². The van der Waals surface area contributed by atoms with Gasteiger partial charge in [0, 0.05) is 11.5 Å². The fourth-order valence-corrected chi connectivity index (χ4v) is 3.10. The predicted octanol–water partition coefficient (Wildman–Crippen LogP) is 1.99. The largest absolute Gasteiger partial charge is 0.375 e. The Hall–Kier alpha value is -0.330. The van der Waals surface area contributed by atoms with Gasteiger partial charge in [-0.1, -0.05) is 17.7 Å². The molecule has 1 aliphatic heterocycles. The maximum atomic E-state index is 13.1. The quantitative estimate of drug-likeness (QED) is 0.658. The maximum absolute atomic E-state index is 13.1. The lowest BCUT2D eigenvalue weighted by atomic mass is 10.0. The SMILES string of the molecule is NNC(Cc1ccc(F)c(Cl)c1)C1CSCCO1. The second-order valence-electron chi connectivity index (χ2n) is 4.21. The number of hydrogen-bond donors (Lipinski definition) is 2. The van der Waals surface area contributed by atoms with Crippen LogP contribution in [0.3, 0.4) is 0 Å². The Kier molecular flexibility index (Phi) is 5.26. The van der Waals surface area contributed by atoms with E-state index in [1.807, 2.05) is 11.8 Å². The standard InChI is InChI=1S/C12H16ClFN2OS/c13-9-5-8(1-2-10(9)14)6-11(16-15)12-7-18-4-3-17-12/h1-2,5,11-12,16H,3-4,6-7,15H2. The molecule has 0 aromatic heterocycles. The first-order valence-corrected chi connectivity index (χ1v) is 7.33. The molecular formula is C12H16ClFN2OS. The maximum Gasteiger partial charge on any atom is 0.141 e. The van der Waals surface area contributed by atoms with Crippen molar-refractivity contribution in [2.75, 3.05) is 18.1 Å². The third-order valence-corrected chi connectivity index (χ3v) is 4.25. The van der Waals surface area contributed by atoms with Crippen molar-refractivity contribution in [3.8, 4) is 0 Å². The van der Waals surface area contributed by atoms with Crippen molar-refractivity contribution in [1.29, 1.82) is 0 Å². The van der Waals surface area contributed by atoms with E-state index in [0.717, 1.165) is 23.7 Å². The van der Waals surface area contributed by atoms with Gasteiger partial charge in [-0.25, -0.2) is 4.39 Å². The molecule has 1 saturated heterocycles. The van der Waals surface area contributed by atoms with E-state index in [-0.39, 0.29) is 17.2 Å². The number of hydrogen-bond acceptors (Lipinski definition) is 4. The van der Waals surface area contributed by atoms with Crippen LogP contribution in [0.1, 0.15) is 5.56 Å². The molecule has 0 radical (unpaired) electrons. The summed E-state index contributed by atoms with van der Waals surface area (Å²) >= 11 is 7.62. The fraction of sp³-hybridized carbons (Fsp3) is 0.500. The Morgan fingerprint density at radius 3 is 3.06 bits per heavy atom. The molecule has 1 heterocycles. The lowest BCUT2D eigenvalue weighted by Crippen LogP contribution is -2.49. The molecule has 0 amide bonds. The minimum absolute atomic E-state index is 0.0133. The van der Waals surface area contributed by atoms with Gasteiger partial charge in [0.1, 0.15) is 5.82 Å². The number of halogens is 2. The molecule has 2 unspecified atom stereocenters. The summed E-state index contributed by atoms with van der Waals surface area (Å²) in [7, 11) is 0. The highest BCUT2D eigenvalue weighted by molar-refractivity contribution is 7.99. The van der Waals surface area contributed by atoms with Crippen molar-refractivity contribution in [3.05, 3.63) is 34.6 Å². The Morgan fingerprint density at radius 2 is 2.44 bits per heavy atom. The first-order valence-electron chi connectivity index (χ1n) is 5.80. The molecule has 0 aliphatic carbocycles. The van der Waals surface area contributed by atoms with Gasteiger partial charge in [-0.2, -0.15) is 11.8 Å². The molecule has 1 aromatic carbocycles. The van der Waals surface area contributed by atoms with Crippen LogP contribution in [0.25, 0.3) is 0 Å². The van der Waals surface area contributed by atoms with Crippen LogP contribution >= 0.6 is 23.4 Å². The number of ether oxygens (including phenoxy) is 1. The predicted molar refractivity (Wildman–Crippen MR) is 73.3 cm³/mol. The van der Waals surface area contributed by atoms with Gasteiger partial charge in [-0.15, -0.1) is 0 Å². The van der Waals surface area contributed by atoms with Crippen LogP contribution in [0.5, 0.6) is 0 Å². The Morgan fingerprint density at radius 1 is 1.61 bits per heavy atom. The minimum atomic E-state index is -0.401. The molecule has 1 aliphatic rings. The van der Waals surface area contributed by atoms with Crippen molar-refractivity contribution >= 4 is 23.4 Å². The van der Waals surface area contributed by atoms with Gasteiger partial charge in [-0.05, 0) is 24.1 Å². The summed E-state index contributed by atoms with van der Waals surface area (Å²) < 4.78 is 18.8. The molecule has 3 nitrogen and oxygen atoms in total. The van der Waals surface area contributed by atoms with Crippen molar-refractivity contribution < 1.29 is 9.13 Å². The summed E-state index contributed by atoms with van der Waals surface area (Å²) in [4.78, 5) is 0. The molecule has 0 spiro atoms. The first kappa shape index (κ1) is 14.1. The topological polar surface area (TPSA) is 47.3 Å². The van der Waals surface area contributed by atoms with E-state index in [1.165, 1.54) is 6.07 Å². The van der Waals surface area contributed by atoms with Crippen molar-refractivity contribution in [3.63, 3.8) is 0 Å². The zero-order valence-electron chi connectivity index (χ0n) is 9.86. The van der Waals surface area contributed by atoms with Gasteiger partial charge >= 0.3 is 0 Å². The van der Waals surface area contributed by atoms with E-state index in [9.17, 15) is 4.39 Å². The van der Waals surface area contributed by atoms with E-state index >= 15 is 0 Å². The molecule has 0 bridgehead atoms. The number of thioether (sulfide) groups is 1. The monoisotopic (exact) mass is 290 g/mol. The summed E-state index contributed by atoms with van der Waals surface area (Å²) in [6, 6.07) is 4.75. The van der Waals surface area contributed by atoms with E-state index in [0.29, 0.717) is 6.42 Å². The second kappa shape index (κ2) is 6.73. The van der Waals surface area contributed by atoms with E-state index < -0.39 is 5.82 Å². The normalized spacial score (nSPS) is 21.8. The van der Waals surface area contributed by atoms with Crippen LogP contribution in [0, 0.1) is 5.82 Å². The van der Waals surface area contributed by atoms with Crippen LogP contribution in [-0.4, -0.2) is 30.3 Å². The molecule has 2 rings (SSSR count). The van der Waals surface area contributed by atoms with Gasteiger partial charge in [0.2, 0.25) is 0 Å². The molecule has 0 saturated carbocycles. The Balaban J connectivity index is 2.02. The van der Waals surface area contributed by atoms with Gasteiger partial charge in [0.05, 0.1) is 23.8 Å². The third-order valence-electron chi connectivity index (χ3n) is 2.94. The molecule has 100 valence electrons. The van der Waals surface area contributed by atoms with Gasteiger partial charge in [0.15, 0.2) is 0 Å². The van der Waals surface area contributed by atoms with Gasteiger partial charge in [0.25, 0.3) is 0 Å². The molecule has 6 heteroatoms. The smallest absolute Gasteiger partial charge is 0.141 e. The first-order chi connectivity index (χ1) is 8.70. The number of hydrazine groups is 1. The lowest BCUT2D eigenvalue weighted by Gasteiger charge is -2.29. The van der Waals surface area contributed by atoms with Crippen LogP contribution in [0.4, 0.5) is 4.39 Å². The van der Waals surface area contributed by atoms with Crippen molar-refractivity contribution in [2.24, 2.45) is 5.84 Å². The summed E-state index contributed by atoms with van der Waals surface area (Å²) in [5.74, 6) is 7.12. The molecule has 1 aromatic rings. The molecule has 18 heavy (non-hydrogen) atoms. The van der Waals surface area contributed by atoms with E-state index in [2.05, 4.69) is 5.43 Å². The number of rotatable bonds is 4. The molecule has 1 fully saturated rings. The number of benzene rings is 1. The van der Waals surface area contributed by atoms with E-state index in [1.54, 1.807) is 12.1 Å². The van der Waals surface area contributed by atoms with Gasteiger partial charge in [-0.3, -0.25) is 11.3 Å². The highest BCUT2D eigenvalue weighted by atomic mass is 35.5. The van der Waals surface area contributed by atoms with Crippen LogP contribution in [0.15, 0.2) is 18.2 Å². The lowest BCUT2D eigenvalue weighted by molar-refractivity contribution is 0.0472. The third kappa shape index (κ3) is 3.59. The highest BCUT2D eigenvalue weighted by Gasteiger charge is 2.24. The Bertz CT molecular complexity index is 402. The molecular weight excluding hydrogens is 275 g/mol. The van der Waals surface area contributed by atoms with Gasteiger partial charge < -0.3 is 4.74 Å². The molecule has 3 N–H and O–H groups in total. The zero-order chi connectivity index (χ0) is 13.0. The average Bonchev–Trinajstić information content (AvgIpc) is 2.41. The minimum Gasteiger partial charge on any atom is -0.375 e. The van der Waals surface area contributed by atoms with Crippen LogP contribution in [-0.2, 0) is 11.2 Å². The second-order valence-corrected chi connectivity index (χ2v) is 5.77. The molecule has 2 atom stereocenters. The number of nitrogens with two attached hydrogens (primary N) is 1. The van der Waals surface area contributed by atoms with E-state index in [4.69, 9.17) is 22.2 Å². The summed E-state index contributed by atoms with van der Waals surface area (Å²) in [6.45, 7) is 0.748. The number of nitrogens with one attached hydrogen (secondary N) is 1. The highest BCUT2D eigenvalue weighted by Crippen LogP contribution is 2.20. The summed E-state index contributed by atoms with van der Waals surface area (Å²) in [5, 5.41) is 0.141. The van der Waals surface area contributed by atoms with Crippen LogP contribution in [0.2, 0.25) is 5.02 Å². The summed E-state index contributed by atoms with van der Waals surface area (Å²) in [5.41, 5.74) is 3.73. The zero-order valence-corrected chi connectivity index (χ0v) is 11.4. The average molecular weight is 291 g/mol.